The summed E-state index contributed by atoms with van der Waals surface area (Å²) in [6, 6.07) is 4.87. The number of benzene rings is 1. The van der Waals surface area contributed by atoms with Gasteiger partial charge in [-0.05, 0) is 46.7 Å². The number of aromatic hydroxyl groups is 1. The van der Waals surface area contributed by atoms with Gasteiger partial charge in [-0.3, -0.25) is 4.79 Å². The number of hydrogen-bond acceptors (Lipinski definition) is 2. The standard InChI is InChI=1S/C14H19ClINO2/c1-3-9(4-2)11(15)8-17-14(19)10-5-6-12(16)13(18)7-10/h5-7,9,11,18H,3-4,8H2,1-2H3,(H,17,19). The molecule has 1 atom stereocenters. The van der Waals surface area contributed by atoms with Gasteiger partial charge in [0.05, 0.1) is 8.95 Å². The first-order valence-electron chi connectivity index (χ1n) is 6.40. The Balaban J connectivity index is 2.58. The molecular weight excluding hydrogens is 377 g/mol. The van der Waals surface area contributed by atoms with Crippen molar-refractivity contribution < 1.29 is 9.90 Å². The molecule has 1 aromatic carbocycles. The lowest BCUT2D eigenvalue weighted by Gasteiger charge is -2.19. The molecule has 106 valence electrons. The molecule has 1 aromatic rings. The summed E-state index contributed by atoms with van der Waals surface area (Å²) >= 11 is 8.28. The van der Waals surface area contributed by atoms with E-state index in [9.17, 15) is 9.90 Å². The van der Waals surface area contributed by atoms with Crippen LogP contribution in [-0.4, -0.2) is 22.9 Å². The van der Waals surface area contributed by atoms with Crippen molar-refractivity contribution in [2.45, 2.75) is 32.1 Å². The van der Waals surface area contributed by atoms with Crippen LogP contribution in [0.4, 0.5) is 0 Å². The van der Waals surface area contributed by atoms with Crippen molar-refractivity contribution in [2.24, 2.45) is 5.92 Å². The number of hydrogen-bond donors (Lipinski definition) is 2. The third-order valence-corrected chi connectivity index (χ3v) is 4.65. The molecule has 1 rings (SSSR count). The highest BCUT2D eigenvalue weighted by Gasteiger charge is 2.17. The third-order valence-electron chi connectivity index (χ3n) is 3.23. The average molecular weight is 396 g/mol. The fraction of sp³-hybridized carbons (Fsp3) is 0.500. The molecular formula is C14H19ClINO2. The van der Waals surface area contributed by atoms with E-state index in [0.29, 0.717) is 18.0 Å². The van der Waals surface area contributed by atoms with Gasteiger partial charge in [0.15, 0.2) is 0 Å². The summed E-state index contributed by atoms with van der Waals surface area (Å²) in [5, 5.41) is 12.3. The van der Waals surface area contributed by atoms with Crippen molar-refractivity contribution in [3.05, 3.63) is 27.3 Å². The van der Waals surface area contributed by atoms with Crippen LogP contribution in [0.15, 0.2) is 18.2 Å². The smallest absolute Gasteiger partial charge is 0.251 e. The second-order valence-corrected chi connectivity index (χ2v) is 6.19. The van der Waals surface area contributed by atoms with Gasteiger partial charge >= 0.3 is 0 Å². The van der Waals surface area contributed by atoms with Gasteiger partial charge < -0.3 is 10.4 Å². The molecule has 0 aliphatic rings. The Hall–Kier alpha value is -0.490. The summed E-state index contributed by atoms with van der Waals surface area (Å²) in [6.07, 6.45) is 2.01. The Labute approximate surface area is 132 Å². The molecule has 0 aromatic heterocycles. The summed E-state index contributed by atoms with van der Waals surface area (Å²) in [6.45, 7) is 4.64. The molecule has 0 heterocycles. The molecule has 0 spiro atoms. The number of phenols is 1. The molecule has 0 saturated heterocycles. The van der Waals surface area contributed by atoms with Crippen LogP contribution < -0.4 is 5.32 Å². The number of alkyl halides is 1. The highest BCUT2D eigenvalue weighted by Crippen LogP contribution is 2.21. The molecule has 0 fully saturated rings. The van der Waals surface area contributed by atoms with Crippen molar-refractivity contribution in [3.8, 4) is 5.75 Å². The fourth-order valence-electron chi connectivity index (χ4n) is 1.91. The molecule has 0 radical (unpaired) electrons. The number of halogens is 2. The van der Waals surface area contributed by atoms with Gasteiger partial charge in [-0.15, -0.1) is 11.6 Å². The maximum absolute atomic E-state index is 11.9. The summed E-state index contributed by atoms with van der Waals surface area (Å²) in [5.74, 6) is 0.325. The molecule has 5 heteroatoms. The molecule has 0 aliphatic carbocycles. The highest BCUT2D eigenvalue weighted by molar-refractivity contribution is 14.1. The van der Waals surface area contributed by atoms with Gasteiger partial charge in [0.25, 0.3) is 5.91 Å². The minimum absolute atomic E-state index is 0.0589. The van der Waals surface area contributed by atoms with Gasteiger partial charge in [0, 0.05) is 12.1 Å². The van der Waals surface area contributed by atoms with Crippen molar-refractivity contribution in [1.82, 2.24) is 5.32 Å². The Morgan fingerprint density at radius 2 is 2.05 bits per heavy atom. The summed E-state index contributed by atoms with van der Waals surface area (Å²) in [4.78, 5) is 11.9. The van der Waals surface area contributed by atoms with Crippen LogP contribution in [0.2, 0.25) is 0 Å². The normalized spacial score (nSPS) is 12.5. The number of nitrogens with one attached hydrogen (secondary N) is 1. The number of phenolic OH excluding ortho intramolecular Hbond substituents is 1. The molecule has 0 saturated carbocycles. The molecule has 3 nitrogen and oxygen atoms in total. The zero-order valence-electron chi connectivity index (χ0n) is 11.1. The lowest BCUT2D eigenvalue weighted by Crippen LogP contribution is -2.33. The molecule has 19 heavy (non-hydrogen) atoms. The highest BCUT2D eigenvalue weighted by atomic mass is 127. The van der Waals surface area contributed by atoms with Gasteiger partial charge in [0.1, 0.15) is 5.75 Å². The summed E-state index contributed by atoms with van der Waals surface area (Å²) in [5.41, 5.74) is 0.450. The van der Waals surface area contributed by atoms with E-state index < -0.39 is 0 Å². The number of carbonyl (C=O) groups excluding carboxylic acids is 1. The Bertz CT molecular complexity index is 435. The van der Waals surface area contributed by atoms with Crippen LogP contribution in [0.5, 0.6) is 5.75 Å². The molecule has 1 amide bonds. The summed E-state index contributed by atoms with van der Waals surface area (Å²) < 4.78 is 0.724. The Morgan fingerprint density at radius 1 is 1.42 bits per heavy atom. The average Bonchev–Trinajstić information content (AvgIpc) is 2.40. The lowest BCUT2D eigenvalue weighted by atomic mass is 9.99. The predicted molar refractivity (Wildman–Crippen MR) is 86.9 cm³/mol. The maximum Gasteiger partial charge on any atom is 0.251 e. The van der Waals surface area contributed by atoms with Gasteiger partial charge in [-0.2, -0.15) is 0 Å². The van der Waals surface area contributed by atoms with Crippen LogP contribution in [0.25, 0.3) is 0 Å². The van der Waals surface area contributed by atoms with E-state index in [1.165, 1.54) is 6.07 Å². The summed E-state index contributed by atoms with van der Waals surface area (Å²) in [7, 11) is 0. The number of rotatable bonds is 6. The number of carbonyl (C=O) groups is 1. The quantitative estimate of drug-likeness (QED) is 0.569. The van der Waals surface area contributed by atoms with Crippen LogP contribution in [0.3, 0.4) is 0 Å². The van der Waals surface area contributed by atoms with E-state index >= 15 is 0 Å². The van der Waals surface area contributed by atoms with Gasteiger partial charge in [-0.25, -0.2) is 0 Å². The molecule has 2 N–H and O–H groups in total. The van der Waals surface area contributed by atoms with E-state index in [2.05, 4.69) is 19.2 Å². The SMILES string of the molecule is CCC(CC)C(Cl)CNC(=O)c1ccc(I)c(O)c1. The van der Waals surface area contributed by atoms with Crippen LogP contribution in [0.1, 0.15) is 37.0 Å². The first kappa shape index (κ1) is 16.6. The van der Waals surface area contributed by atoms with Crippen LogP contribution in [0, 0.1) is 9.49 Å². The van der Waals surface area contributed by atoms with Crippen molar-refractivity contribution in [1.29, 1.82) is 0 Å². The van der Waals surface area contributed by atoms with Gasteiger partial charge in [-0.1, -0.05) is 26.7 Å². The Morgan fingerprint density at radius 3 is 2.58 bits per heavy atom. The minimum atomic E-state index is -0.205. The second kappa shape index (κ2) is 7.94. The van der Waals surface area contributed by atoms with Crippen molar-refractivity contribution in [2.75, 3.05) is 6.54 Å². The fourth-order valence-corrected chi connectivity index (χ4v) is 2.68. The first-order chi connectivity index (χ1) is 8.99. The lowest BCUT2D eigenvalue weighted by molar-refractivity contribution is 0.0951. The van der Waals surface area contributed by atoms with E-state index in [4.69, 9.17) is 11.6 Å². The predicted octanol–water partition coefficient (Wildman–Crippen LogP) is 3.77. The molecule has 0 aliphatic heterocycles. The monoisotopic (exact) mass is 395 g/mol. The third kappa shape index (κ3) is 4.84. The van der Waals surface area contributed by atoms with E-state index in [-0.39, 0.29) is 17.0 Å². The van der Waals surface area contributed by atoms with Crippen LogP contribution >= 0.6 is 34.2 Å². The zero-order chi connectivity index (χ0) is 14.4. The zero-order valence-corrected chi connectivity index (χ0v) is 14.0. The largest absolute Gasteiger partial charge is 0.507 e. The van der Waals surface area contributed by atoms with Crippen molar-refractivity contribution in [3.63, 3.8) is 0 Å². The van der Waals surface area contributed by atoms with Crippen molar-refractivity contribution >= 4 is 40.1 Å². The van der Waals surface area contributed by atoms with Gasteiger partial charge in [0.2, 0.25) is 0 Å². The van der Waals surface area contributed by atoms with E-state index in [1.807, 2.05) is 22.6 Å². The minimum Gasteiger partial charge on any atom is -0.507 e. The van der Waals surface area contributed by atoms with E-state index in [0.717, 1.165) is 16.4 Å². The maximum atomic E-state index is 11.9. The Kier molecular flexibility index (Phi) is 6.93. The molecule has 0 bridgehead atoms. The first-order valence-corrected chi connectivity index (χ1v) is 7.91. The second-order valence-electron chi connectivity index (χ2n) is 4.47. The van der Waals surface area contributed by atoms with Crippen LogP contribution in [-0.2, 0) is 0 Å². The topological polar surface area (TPSA) is 49.3 Å². The molecule has 1 unspecified atom stereocenters. The number of amides is 1. The van der Waals surface area contributed by atoms with E-state index in [1.54, 1.807) is 12.1 Å².